The third kappa shape index (κ3) is 2.73. The highest BCUT2D eigenvalue weighted by Crippen LogP contribution is 2.05. The molecule has 0 unspecified atom stereocenters. The van der Waals surface area contributed by atoms with Crippen LogP contribution in [0.1, 0.15) is 12.6 Å². The van der Waals surface area contributed by atoms with Crippen molar-refractivity contribution in [3.63, 3.8) is 0 Å². The minimum atomic E-state index is 0.849. The van der Waals surface area contributed by atoms with Gasteiger partial charge in [-0.2, -0.15) is 0 Å². The van der Waals surface area contributed by atoms with E-state index in [0.717, 1.165) is 6.54 Å². The summed E-state index contributed by atoms with van der Waals surface area (Å²) in [5.74, 6) is 0. The topological polar surface area (TPSA) is 17.8 Å². The Morgan fingerprint density at radius 3 is 2.93 bits per heavy atom. The zero-order valence-corrected chi connectivity index (χ0v) is 8.77. The molecule has 2 nitrogen and oxygen atoms in total. The largest absolute Gasteiger partial charge is 0.330 e. The zero-order chi connectivity index (χ0) is 10.4. The molecule has 1 aromatic heterocycles. The van der Waals surface area contributed by atoms with E-state index in [0.29, 0.717) is 0 Å². The van der Waals surface area contributed by atoms with Crippen molar-refractivity contribution in [1.82, 2.24) is 9.55 Å². The number of hydrogen-bond acceptors (Lipinski definition) is 1. The van der Waals surface area contributed by atoms with Crippen LogP contribution >= 0.6 is 0 Å². The van der Waals surface area contributed by atoms with Crippen LogP contribution in [0.5, 0.6) is 0 Å². The second kappa shape index (κ2) is 5.22. The highest BCUT2D eigenvalue weighted by molar-refractivity contribution is 5.23. The molecule has 0 aliphatic heterocycles. The SMILES string of the molecule is C=C/C=C(\C=C/C)Cn1cncc1C. The summed E-state index contributed by atoms with van der Waals surface area (Å²) in [6.07, 6.45) is 11.6. The van der Waals surface area contributed by atoms with Gasteiger partial charge in [-0.3, -0.25) is 0 Å². The van der Waals surface area contributed by atoms with Crippen molar-refractivity contribution in [3.8, 4) is 0 Å². The molecule has 0 saturated heterocycles. The highest BCUT2D eigenvalue weighted by atomic mass is 15.0. The van der Waals surface area contributed by atoms with Crippen LogP contribution in [0, 0.1) is 6.92 Å². The summed E-state index contributed by atoms with van der Waals surface area (Å²) in [5.41, 5.74) is 2.40. The summed E-state index contributed by atoms with van der Waals surface area (Å²) < 4.78 is 2.11. The van der Waals surface area contributed by atoms with Crippen LogP contribution in [0.4, 0.5) is 0 Å². The Balaban J connectivity index is 2.79. The first-order valence-electron chi connectivity index (χ1n) is 4.69. The minimum absolute atomic E-state index is 0.849. The summed E-state index contributed by atoms with van der Waals surface area (Å²) in [6.45, 7) is 8.61. The van der Waals surface area contributed by atoms with Gasteiger partial charge in [-0.15, -0.1) is 0 Å². The lowest BCUT2D eigenvalue weighted by Crippen LogP contribution is -1.99. The number of rotatable bonds is 4. The minimum Gasteiger partial charge on any atom is -0.330 e. The molecule has 1 rings (SSSR count). The molecular formula is C12H16N2. The van der Waals surface area contributed by atoms with Crippen LogP contribution in [0.25, 0.3) is 0 Å². The molecular weight excluding hydrogens is 172 g/mol. The molecule has 0 amide bonds. The van der Waals surface area contributed by atoms with Gasteiger partial charge in [-0.1, -0.05) is 30.9 Å². The Kier molecular flexibility index (Phi) is 3.92. The molecule has 14 heavy (non-hydrogen) atoms. The number of hydrogen-bond donors (Lipinski definition) is 0. The number of aromatic nitrogens is 2. The van der Waals surface area contributed by atoms with Crippen LogP contribution < -0.4 is 0 Å². The third-order valence-corrected chi connectivity index (χ3v) is 1.99. The first-order chi connectivity index (χ1) is 6.77. The molecule has 0 fully saturated rings. The Bertz CT molecular complexity index is 356. The molecule has 74 valence electrons. The van der Waals surface area contributed by atoms with E-state index in [2.05, 4.69) is 22.2 Å². The summed E-state index contributed by atoms with van der Waals surface area (Å²) in [7, 11) is 0. The van der Waals surface area contributed by atoms with Crippen LogP contribution in [0.3, 0.4) is 0 Å². The summed E-state index contributed by atoms with van der Waals surface area (Å²) >= 11 is 0. The van der Waals surface area contributed by atoms with E-state index in [4.69, 9.17) is 0 Å². The summed E-state index contributed by atoms with van der Waals surface area (Å²) in [5, 5.41) is 0. The van der Waals surface area contributed by atoms with E-state index in [1.54, 1.807) is 0 Å². The highest BCUT2D eigenvalue weighted by Gasteiger charge is 1.97. The molecule has 1 heterocycles. The number of nitrogens with zero attached hydrogens (tertiary/aromatic N) is 2. The van der Waals surface area contributed by atoms with Gasteiger partial charge < -0.3 is 4.57 Å². The van der Waals surface area contributed by atoms with Gasteiger partial charge in [0.2, 0.25) is 0 Å². The van der Waals surface area contributed by atoms with Crippen molar-refractivity contribution >= 4 is 0 Å². The molecule has 1 aromatic rings. The quantitative estimate of drug-likeness (QED) is 0.664. The third-order valence-electron chi connectivity index (χ3n) is 1.99. The van der Waals surface area contributed by atoms with Crippen LogP contribution in [0.2, 0.25) is 0 Å². The van der Waals surface area contributed by atoms with E-state index in [1.165, 1.54) is 11.3 Å². The summed E-state index contributed by atoms with van der Waals surface area (Å²) in [4.78, 5) is 4.08. The van der Waals surface area contributed by atoms with Crippen LogP contribution in [-0.4, -0.2) is 9.55 Å². The molecule has 0 saturated carbocycles. The monoisotopic (exact) mass is 188 g/mol. The van der Waals surface area contributed by atoms with E-state index >= 15 is 0 Å². The van der Waals surface area contributed by atoms with Gasteiger partial charge in [-0.25, -0.2) is 4.98 Å². The van der Waals surface area contributed by atoms with Gasteiger partial charge in [0.1, 0.15) is 0 Å². The lowest BCUT2D eigenvalue weighted by Gasteiger charge is -2.05. The standard InChI is InChI=1S/C12H16N2/c1-4-6-12(7-5-2)9-14-10-13-8-11(14)3/h4-8,10H,1,9H2,2-3H3/b7-5-,12-6+. The van der Waals surface area contributed by atoms with Crippen molar-refractivity contribution in [1.29, 1.82) is 0 Å². The maximum absolute atomic E-state index is 4.08. The number of aryl methyl sites for hydroxylation is 1. The van der Waals surface area contributed by atoms with E-state index < -0.39 is 0 Å². The fourth-order valence-corrected chi connectivity index (χ4v) is 1.28. The van der Waals surface area contributed by atoms with Crippen LogP contribution in [0.15, 0.2) is 49.0 Å². The molecule has 0 N–H and O–H groups in total. The Morgan fingerprint density at radius 1 is 1.64 bits per heavy atom. The molecule has 2 heteroatoms. The maximum Gasteiger partial charge on any atom is 0.0951 e. The van der Waals surface area contributed by atoms with Gasteiger partial charge in [0.25, 0.3) is 0 Å². The Hall–Kier alpha value is -1.57. The lowest BCUT2D eigenvalue weighted by molar-refractivity contribution is 0.769. The lowest BCUT2D eigenvalue weighted by atomic mass is 10.2. The van der Waals surface area contributed by atoms with Crippen molar-refractivity contribution in [2.45, 2.75) is 20.4 Å². The number of imidazole rings is 1. The van der Waals surface area contributed by atoms with Gasteiger partial charge in [0.05, 0.1) is 6.33 Å². The maximum atomic E-state index is 4.08. The normalized spacial score (nSPS) is 12.3. The first-order valence-corrected chi connectivity index (χ1v) is 4.69. The zero-order valence-electron chi connectivity index (χ0n) is 8.77. The van der Waals surface area contributed by atoms with E-state index in [1.807, 2.05) is 44.6 Å². The molecule has 0 atom stereocenters. The van der Waals surface area contributed by atoms with Crippen molar-refractivity contribution in [2.24, 2.45) is 0 Å². The van der Waals surface area contributed by atoms with E-state index in [-0.39, 0.29) is 0 Å². The van der Waals surface area contributed by atoms with Gasteiger partial charge in [0, 0.05) is 18.4 Å². The molecule has 0 aliphatic carbocycles. The van der Waals surface area contributed by atoms with Gasteiger partial charge >= 0.3 is 0 Å². The molecule has 0 aromatic carbocycles. The van der Waals surface area contributed by atoms with Gasteiger partial charge in [0.15, 0.2) is 0 Å². The van der Waals surface area contributed by atoms with Crippen molar-refractivity contribution in [2.75, 3.05) is 0 Å². The van der Waals surface area contributed by atoms with Gasteiger partial charge in [-0.05, 0) is 19.4 Å². The number of allylic oxidation sites excluding steroid dienone is 5. The second-order valence-electron chi connectivity index (χ2n) is 3.14. The van der Waals surface area contributed by atoms with Crippen LogP contribution in [-0.2, 0) is 6.54 Å². The Morgan fingerprint density at radius 2 is 2.43 bits per heavy atom. The molecule has 0 spiro atoms. The fraction of sp³-hybridized carbons (Fsp3) is 0.250. The predicted octanol–water partition coefficient (Wildman–Crippen LogP) is 2.88. The second-order valence-corrected chi connectivity index (χ2v) is 3.14. The smallest absolute Gasteiger partial charge is 0.0951 e. The fourth-order valence-electron chi connectivity index (χ4n) is 1.28. The van der Waals surface area contributed by atoms with Crippen molar-refractivity contribution in [3.05, 3.63) is 54.7 Å². The average Bonchev–Trinajstić information content (AvgIpc) is 2.53. The van der Waals surface area contributed by atoms with E-state index in [9.17, 15) is 0 Å². The molecule has 0 radical (unpaired) electrons. The average molecular weight is 188 g/mol. The molecule has 0 aliphatic rings. The first kappa shape index (κ1) is 10.5. The predicted molar refractivity (Wildman–Crippen MR) is 60.1 cm³/mol. The Labute approximate surface area is 85.3 Å². The summed E-state index contributed by atoms with van der Waals surface area (Å²) in [6, 6.07) is 0. The molecule has 0 bridgehead atoms. The van der Waals surface area contributed by atoms with Crippen molar-refractivity contribution < 1.29 is 0 Å².